The lowest BCUT2D eigenvalue weighted by Gasteiger charge is -2.30. The molecule has 2 N–H and O–H groups in total. The molecule has 5 heteroatoms. The zero-order valence-electron chi connectivity index (χ0n) is 10.7. The second-order valence-electron chi connectivity index (χ2n) is 5.04. The molecule has 1 aromatic carbocycles. The SMILES string of the molecule is OC1CCCN(CCC(O)c2cccc(F)c2F)C1. The normalized spacial score (nSPS) is 22.4. The first-order chi connectivity index (χ1) is 9.08. The van der Waals surface area contributed by atoms with Gasteiger partial charge < -0.3 is 15.1 Å². The standard InChI is InChI=1S/C14H19F2NO2/c15-12-5-1-4-11(14(12)16)13(19)6-8-17-7-2-3-10(18)9-17/h1,4-5,10,13,18-19H,2-3,6-9H2. The summed E-state index contributed by atoms with van der Waals surface area (Å²) < 4.78 is 26.5. The van der Waals surface area contributed by atoms with Crippen molar-refractivity contribution in [1.82, 2.24) is 4.90 Å². The van der Waals surface area contributed by atoms with Crippen molar-refractivity contribution < 1.29 is 19.0 Å². The van der Waals surface area contributed by atoms with Crippen LogP contribution in [0.5, 0.6) is 0 Å². The zero-order chi connectivity index (χ0) is 13.8. The second-order valence-corrected chi connectivity index (χ2v) is 5.04. The molecular formula is C14H19F2NO2. The average molecular weight is 271 g/mol. The van der Waals surface area contributed by atoms with E-state index in [4.69, 9.17) is 0 Å². The number of likely N-dealkylation sites (tertiary alicyclic amines) is 1. The molecule has 3 nitrogen and oxygen atoms in total. The lowest BCUT2D eigenvalue weighted by molar-refractivity contribution is 0.0585. The van der Waals surface area contributed by atoms with E-state index in [1.54, 1.807) is 0 Å². The lowest BCUT2D eigenvalue weighted by atomic mass is 10.0. The van der Waals surface area contributed by atoms with Gasteiger partial charge in [0.15, 0.2) is 11.6 Å². The molecule has 1 aliphatic rings. The van der Waals surface area contributed by atoms with Gasteiger partial charge in [0, 0.05) is 18.7 Å². The molecule has 1 saturated heterocycles. The molecule has 1 fully saturated rings. The van der Waals surface area contributed by atoms with Gasteiger partial charge >= 0.3 is 0 Å². The van der Waals surface area contributed by atoms with Crippen LogP contribution in [0.3, 0.4) is 0 Å². The molecule has 19 heavy (non-hydrogen) atoms. The third-order valence-electron chi connectivity index (χ3n) is 3.54. The molecule has 2 rings (SSSR count). The van der Waals surface area contributed by atoms with E-state index in [-0.39, 0.29) is 11.7 Å². The van der Waals surface area contributed by atoms with Gasteiger partial charge in [-0.25, -0.2) is 8.78 Å². The van der Waals surface area contributed by atoms with Crippen LogP contribution >= 0.6 is 0 Å². The van der Waals surface area contributed by atoms with Crippen LogP contribution in [-0.2, 0) is 0 Å². The van der Waals surface area contributed by atoms with Gasteiger partial charge in [-0.15, -0.1) is 0 Å². The van der Waals surface area contributed by atoms with Crippen molar-refractivity contribution in [3.8, 4) is 0 Å². The lowest BCUT2D eigenvalue weighted by Crippen LogP contribution is -2.39. The van der Waals surface area contributed by atoms with Gasteiger partial charge in [0.1, 0.15) is 0 Å². The van der Waals surface area contributed by atoms with Crippen LogP contribution in [0, 0.1) is 11.6 Å². The summed E-state index contributed by atoms with van der Waals surface area (Å²) >= 11 is 0. The van der Waals surface area contributed by atoms with Crippen LogP contribution in [0.4, 0.5) is 8.78 Å². The minimum Gasteiger partial charge on any atom is -0.392 e. The molecule has 0 spiro atoms. The maximum Gasteiger partial charge on any atom is 0.164 e. The van der Waals surface area contributed by atoms with Gasteiger partial charge in [0.25, 0.3) is 0 Å². The largest absolute Gasteiger partial charge is 0.392 e. The molecule has 1 aromatic rings. The summed E-state index contributed by atoms with van der Waals surface area (Å²) in [4.78, 5) is 2.04. The quantitative estimate of drug-likeness (QED) is 0.878. The van der Waals surface area contributed by atoms with Crippen molar-refractivity contribution in [2.24, 2.45) is 0 Å². The van der Waals surface area contributed by atoms with Gasteiger partial charge in [-0.05, 0) is 31.9 Å². The number of piperidine rings is 1. The fourth-order valence-corrected chi connectivity index (χ4v) is 2.47. The molecule has 0 aliphatic carbocycles. The van der Waals surface area contributed by atoms with Gasteiger partial charge in [0.05, 0.1) is 12.2 Å². The first-order valence-corrected chi connectivity index (χ1v) is 6.60. The Kier molecular flexibility index (Phi) is 4.85. The van der Waals surface area contributed by atoms with Gasteiger partial charge in [-0.1, -0.05) is 12.1 Å². The number of nitrogens with zero attached hydrogens (tertiary/aromatic N) is 1. The molecule has 2 unspecified atom stereocenters. The highest BCUT2D eigenvalue weighted by atomic mass is 19.2. The van der Waals surface area contributed by atoms with Crippen LogP contribution in [-0.4, -0.2) is 40.9 Å². The summed E-state index contributed by atoms with van der Waals surface area (Å²) in [6.07, 6.45) is 0.711. The number of benzene rings is 1. The number of hydrogen-bond acceptors (Lipinski definition) is 3. The monoisotopic (exact) mass is 271 g/mol. The van der Waals surface area contributed by atoms with Crippen LogP contribution in [0.15, 0.2) is 18.2 Å². The van der Waals surface area contributed by atoms with E-state index < -0.39 is 17.7 Å². The molecule has 1 aliphatic heterocycles. The number of rotatable bonds is 4. The van der Waals surface area contributed by atoms with E-state index in [9.17, 15) is 19.0 Å². The third kappa shape index (κ3) is 3.72. The highest BCUT2D eigenvalue weighted by Crippen LogP contribution is 2.22. The highest BCUT2D eigenvalue weighted by molar-refractivity contribution is 5.21. The maximum atomic E-state index is 13.5. The van der Waals surface area contributed by atoms with E-state index >= 15 is 0 Å². The number of hydrogen-bond donors (Lipinski definition) is 2. The molecule has 106 valence electrons. The van der Waals surface area contributed by atoms with Crippen molar-refractivity contribution in [2.45, 2.75) is 31.5 Å². The van der Waals surface area contributed by atoms with Gasteiger partial charge in [-0.2, -0.15) is 0 Å². The van der Waals surface area contributed by atoms with E-state index in [1.807, 2.05) is 4.90 Å². The van der Waals surface area contributed by atoms with E-state index in [0.717, 1.165) is 25.5 Å². The highest BCUT2D eigenvalue weighted by Gasteiger charge is 2.20. The summed E-state index contributed by atoms with van der Waals surface area (Å²) in [5, 5.41) is 19.5. The fraction of sp³-hybridized carbons (Fsp3) is 0.571. The van der Waals surface area contributed by atoms with Crippen LogP contribution in [0.1, 0.15) is 30.9 Å². The molecule has 0 aromatic heterocycles. The van der Waals surface area contributed by atoms with Crippen molar-refractivity contribution in [1.29, 1.82) is 0 Å². The minimum absolute atomic E-state index is 0.00226. The molecule has 0 saturated carbocycles. The van der Waals surface area contributed by atoms with Crippen LogP contribution in [0.25, 0.3) is 0 Å². The molecular weight excluding hydrogens is 252 g/mol. The summed E-state index contributed by atoms with van der Waals surface area (Å²) in [5.41, 5.74) is -0.00226. The smallest absolute Gasteiger partial charge is 0.164 e. The first kappa shape index (κ1) is 14.4. The molecule has 0 radical (unpaired) electrons. The third-order valence-corrected chi connectivity index (χ3v) is 3.54. The van der Waals surface area contributed by atoms with Crippen LogP contribution < -0.4 is 0 Å². The Labute approximate surface area is 111 Å². The Morgan fingerprint density at radius 3 is 2.89 bits per heavy atom. The van der Waals surface area contributed by atoms with E-state index in [0.29, 0.717) is 19.5 Å². The maximum absolute atomic E-state index is 13.5. The van der Waals surface area contributed by atoms with Gasteiger partial charge in [0.2, 0.25) is 0 Å². The topological polar surface area (TPSA) is 43.7 Å². The first-order valence-electron chi connectivity index (χ1n) is 6.60. The number of β-amino-alcohol motifs (C(OH)–C–C–N with tert-alkyl or cyclic N) is 1. The Morgan fingerprint density at radius 2 is 2.16 bits per heavy atom. The molecule has 2 atom stereocenters. The average Bonchev–Trinajstić information content (AvgIpc) is 2.39. The molecule has 1 heterocycles. The van der Waals surface area contributed by atoms with E-state index in [2.05, 4.69) is 0 Å². The van der Waals surface area contributed by atoms with Crippen molar-refractivity contribution >= 4 is 0 Å². The Hall–Kier alpha value is -1.04. The van der Waals surface area contributed by atoms with Crippen molar-refractivity contribution in [2.75, 3.05) is 19.6 Å². The van der Waals surface area contributed by atoms with Crippen molar-refractivity contribution in [3.05, 3.63) is 35.4 Å². The Morgan fingerprint density at radius 1 is 1.37 bits per heavy atom. The minimum atomic E-state index is -1.02. The predicted octanol–water partition coefficient (Wildman–Crippen LogP) is 1.84. The zero-order valence-corrected chi connectivity index (χ0v) is 10.7. The molecule has 0 amide bonds. The summed E-state index contributed by atoms with van der Waals surface area (Å²) in [6, 6.07) is 3.82. The number of aliphatic hydroxyl groups excluding tert-OH is 2. The summed E-state index contributed by atoms with van der Waals surface area (Å²) in [7, 11) is 0. The predicted molar refractivity (Wildman–Crippen MR) is 67.6 cm³/mol. The second kappa shape index (κ2) is 6.41. The van der Waals surface area contributed by atoms with Gasteiger partial charge in [-0.3, -0.25) is 0 Å². The van der Waals surface area contributed by atoms with E-state index in [1.165, 1.54) is 12.1 Å². The fourth-order valence-electron chi connectivity index (χ4n) is 2.47. The Balaban J connectivity index is 1.90. The molecule has 0 bridgehead atoms. The van der Waals surface area contributed by atoms with Crippen LogP contribution in [0.2, 0.25) is 0 Å². The van der Waals surface area contributed by atoms with Crippen molar-refractivity contribution in [3.63, 3.8) is 0 Å². The Bertz CT molecular complexity index is 428. The summed E-state index contributed by atoms with van der Waals surface area (Å²) in [5.74, 6) is -1.92. The number of halogens is 2. The number of aliphatic hydroxyl groups is 2. The summed E-state index contributed by atoms with van der Waals surface area (Å²) in [6.45, 7) is 2.02.